The van der Waals surface area contributed by atoms with Gasteiger partial charge in [-0.25, -0.2) is 13.2 Å². The van der Waals surface area contributed by atoms with Crippen LogP contribution in [0.5, 0.6) is 0 Å². The summed E-state index contributed by atoms with van der Waals surface area (Å²) in [6.45, 7) is 0. The second-order valence-electron chi connectivity index (χ2n) is 2.86. The highest BCUT2D eigenvalue weighted by molar-refractivity contribution is 7.89. The van der Waals surface area contributed by atoms with Gasteiger partial charge in [0.25, 0.3) is 0 Å². The molecule has 0 saturated heterocycles. The molecule has 0 bridgehead atoms. The van der Waals surface area contributed by atoms with E-state index in [-0.39, 0.29) is 11.1 Å². The zero-order valence-corrected chi connectivity index (χ0v) is 8.11. The predicted molar refractivity (Wildman–Crippen MR) is 50.7 cm³/mol. The molecule has 0 amide bonds. The number of oxazole rings is 1. The Balaban J connectivity index is 3.03. The molecule has 0 atom stereocenters. The number of aromatic nitrogens is 1. The Morgan fingerprint density at radius 1 is 1.29 bits per heavy atom. The van der Waals surface area contributed by atoms with E-state index in [2.05, 4.69) is 0 Å². The third-order valence-electron chi connectivity index (χ3n) is 1.78. The fourth-order valence-electron chi connectivity index (χ4n) is 1.26. The third kappa shape index (κ3) is 1.24. The van der Waals surface area contributed by atoms with Crippen LogP contribution >= 0.6 is 0 Å². The van der Waals surface area contributed by atoms with Gasteiger partial charge in [0.15, 0.2) is 5.58 Å². The summed E-state index contributed by atoms with van der Waals surface area (Å²) in [6.07, 6.45) is 0.955. The lowest BCUT2D eigenvalue weighted by molar-refractivity contribution is 0.536. The van der Waals surface area contributed by atoms with Crippen LogP contribution in [0.2, 0.25) is 0 Å². The first-order chi connectivity index (χ1) is 6.50. The normalized spacial score (nSPS) is 12.1. The third-order valence-corrected chi connectivity index (χ3v) is 2.79. The summed E-state index contributed by atoms with van der Waals surface area (Å²) >= 11 is 0. The van der Waals surface area contributed by atoms with E-state index in [1.807, 2.05) is 0 Å². The van der Waals surface area contributed by atoms with Gasteiger partial charge >= 0.3 is 5.76 Å². The molecule has 14 heavy (non-hydrogen) atoms. The lowest BCUT2D eigenvalue weighted by Gasteiger charge is -1.95. The van der Waals surface area contributed by atoms with Crippen LogP contribution < -0.4 is 5.76 Å². The Morgan fingerprint density at radius 2 is 1.93 bits per heavy atom. The number of hydrogen-bond donors (Lipinski definition) is 0. The summed E-state index contributed by atoms with van der Waals surface area (Å²) in [5, 5.41) is 0. The molecule has 1 heterocycles. The Labute approximate surface area is 79.6 Å². The van der Waals surface area contributed by atoms with Gasteiger partial charge in [-0.05, 0) is 12.1 Å². The van der Waals surface area contributed by atoms with E-state index in [1.54, 1.807) is 18.2 Å². The monoisotopic (exact) mass is 213 g/mol. The highest BCUT2D eigenvalue weighted by atomic mass is 32.2. The van der Waals surface area contributed by atoms with Crippen molar-refractivity contribution in [3.8, 4) is 0 Å². The van der Waals surface area contributed by atoms with Gasteiger partial charge in [0.05, 0.1) is 6.26 Å². The number of fused-ring (bicyclic) bond motifs is 1. The topological polar surface area (TPSA) is 69.3 Å². The van der Waals surface area contributed by atoms with E-state index in [9.17, 15) is 13.2 Å². The van der Waals surface area contributed by atoms with Crippen LogP contribution in [0.3, 0.4) is 0 Å². The van der Waals surface area contributed by atoms with Crippen molar-refractivity contribution in [1.82, 2.24) is 3.97 Å². The summed E-state index contributed by atoms with van der Waals surface area (Å²) in [5.41, 5.74) is 0.530. The maximum atomic E-state index is 11.2. The van der Waals surface area contributed by atoms with Gasteiger partial charge in [0.1, 0.15) is 5.52 Å². The minimum absolute atomic E-state index is 0.264. The van der Waals surface area contributed by atoms with Gasteiger partial charge in [-0.3, -0.25) is 0 Å². The molecule has 5 nitrogen and oxygen atoms in total. The molecule has 0 radical (unpaired) electrons. The summed E-state index contributed by atoms with van der Waals surface area (Å²) in [4.78, 5) is 11.2. The van der Waals surface area contributed by atoms with Crippen molar-refractivity contribution in [2.24, 2.45) is 0 Å². The number of rotatable bonds is 1. The molecule has 0 aliphatic rings. The standard InChI is InChI=1S/C8H7NO4S/c1-14(11,12)9-6-4-2-3-5-7(6)13-8(9)10/h2-5H,1H3. The van der Waals surface area contributed by atoms with Crippen molar-refractivity contribution in [1.29, 1.82) is 0 Å². The summed E-state index contributed by atoms with van der Waals surface area (Å²) < 4.78 is 27.9. The molecule has 0 N–H and O–H groups in total. The van der Waals surface area contributed by atoms with Crippen molar-refractivity contribution in [3.05, 3.63) is 34.8 Å². The summed E-state index contributed by atoms with van der Waals surface area (Å²) in [6, 6.07) is 6.36. The lowest BCUT2D eigenvalue weighted by Crippen LogP contribution is -2.21. The Hall–Kier alpha value is -1.56. The summed E-state index contributed by atoms with van der Waals surface area (Å²) in [5.74, 6) is -0.881. The highest BCUT2D eigenvalue weighted by Crippen LogP contribution is 2.12. The van der Waals surface area contributed by atoms with Gasteiger partial charge < -0.3 is 4.42 Å². The van der Waals surface area contributed by atoms with Crippen LogP contribution in [0.1, 0.15) is 0 Å². The maximum Gasteiger partial charge on any atom is 0.434 e. The lowest BCUT2D eigenvalue weighted by atomic mass is 10.3. The molecule has 6 heteroatoms. The zero-order chi connectivity index (χ0) is 10.3. The molecule has 2 aromatic rings. The fraction of sp³-hybridized carbons (Fsp3) is 0.125. The summed E-state index contributed by atoms with van der Waals surface area (Å²) in [7, 11) is -3.61. The quantitative estimate of drug-likeness (QED) is 0.687. The second kappa shape index (κ2) is 2.71. The first kappa shape index (κ1) is 9.01. The maximum absolute atomic E-state index is 11.2. The predicted octanol–water partition coefficient (Wildman–Crippen LogP) is 0.402. The van der Waals surface area contributed by atoms with E-state index in [4.69, 9.17) is 4.42 Å². The van der Waals surface area contributed by atoms with E-state index < -0.39 is 15.8 Å². The largest absolute Gasteiger partial charge is 0.434 e. The minimum Gasteiger partial charge on any atom is -0.407 e. The molecule has 0 fully saturated rings. The van der Waals surface area contributed by atoms with Gasteiger partial charge in [-0.2, -0.15) is 3.97 Å². The van der Waals surface area contributed by atoms with E-state index in [0.29, 0.717) is 3.97 Å². The molecule has 1 aromatic heterocycles. The average molecular weight is 213 g/mol. The Morgan fingerprint density at radius 3 is 2.57 bits per heavy atom. The van der Waals surface area contributed by atoms with Crippen LogP contribution in [0.15, 0.2) is 33.5 Å². The molecule has 0 spiro atoms. The molecular formula is C8H7NO4S. The Bertz CT molecular complexity index is 635. The van der Waals surface area contributed by atoms with Crippen LogP contribution in [0.25, 0.3) is 11.1 Å². The van der Waals surface area contributed by atoms with Crippen molar-refractivity contribution in [3.63, 3.8) is 0 Å². The first-order valence-electron chi connectivity index (χ1n) is 3.81. The zero-order valence-electron chi connectivity index (χ0n) is 7.30. The molecule has 2 rings (SSSR count). The number of hydrogen-bond acceptors (Lipinski definition) is 4. The number of nitrogens with zero attached hydrogens (tertiary/aromatic N) is 1. The molecule has 0 aliphatic heterocycles. The van der Waals surface area contributed by atoms with Gasteiger partial charge in [-0.15, -0.1) is 0 Å². The van der Waals surface area contributed by atoms with Crippen LogP contribution in [0.4, 0.5) is 0 Å². The van der Waals surface area contributed by atoms with Crippen LogP contribution in [0, 0.1) is 0 Å². The van der Waals surface area contributed by atoms with Crippen LogP contribution in [-0.2, 0) is 10.0 Å². The number of benzene rings is 1. The van der Waals surface area contributed by atoms with Crippen LogP contribution in [-0.4, -0.2) is 18.6 Å². The van der Waals surface area contributed by atoms with Crippen molar-refractivity contribution >= 4 is 21.1 Å². The fourth-order valence-corrected chi connectivity index (χ4v) is 2.08. The minimum atomic E-state index is -3.61. The average Bonchev–Trinajstić information content (AvgIpc) is 2.38. The molecular weight excluding hydrogens is 206 g/mol. The SMILES string of the molecule is CS(=O)(=O)n1c(=O)oc2ccccc21. The van der Waals surface area contributed by atoms with E-state index in [0.717, 1.165) is 6.26 Å². The van der Waals surface area contributed by atoms with E-state index in [1.165, 1.54) is 6.07 Å². The van der Waals surface area contributed by atoms with Gasteiger partial charge in [-0.1, -0.05) is 12.1 Å². The molecule has 1 aromatic carbocycles. The van der Waals surface area contributed by atoms with E-state index >= 15 is 0 Å². The highest BCUT2D eigenvalue weighted by Gasteiger charge is 2.16. The van der Waals surface area contributed by atoms with Crippen molar-refractivity contribution < 1.29 is 12.8 Å². The molecule has 74 valence electrons. The smallest absolute Gasteiger partial charge is 0.407 e. The van der Waals surface area contributed by atoms with Crippen molar-refractivity contribution in [2.75, 3.05) is 6.26 Å². The van der Waals surface area contributed by atoms with Gasteiger partial charge in [0, 0.05) is 0 Å². The molecule has 0 unspecified atom stereocenters. The Kier molecular flexibility index (Phi) is 1.75. The second-order valence-corrected chi connectivity index (χ2v) is 4.69. The first-order valence-corrected chi connectivity index (χ1v) is 5.66. The van der Waals surface area contributed by atoms with Gasteiger partial charge in [0.2, 0.25) is 10.0 Å². The van der Waals surface area contributed by atoms with Crippen molar-refractivity contribution in [2.45, 2.75) is 0 Å². The molecule has 0 saturated carbocycles. The molecule has 0 aliphatic carbocycles. The number of para-hydroxylation sites is 2.